The average molecular weight is 349 g/mol. The molecule has 3 rings (SSSR count). The monoisotopic (exact) mass is 349 g/mol. The van der Waals surface area contributed by atoms with Crippen molar-refractivity contribution in [2.45, 2.75) is 19.0 Å². The first-order valence-electron chi connectivity index (χ1n) is 8.07. The lowest BCUT2D eigenvalue weighted by Crippen LogP contribution is -2.31. The molecule has 1 aliphatic rings. The molecule has 0 spiro atoms. The Morgan fingerprint density at radius 1 is 1.16 bits per heavy atom. The van der Waals surface area contributed by atoms with Crippen LogP contribution in [0.5, 0.6) is 17.2 Å². The van der Waals surface area contributed by atoms with Crippen LogP contribution in [0.1, 0.15) is 12.3 Å². The highest BCUT2D eigenvalue weighted by molar-refractivity contribution is 5.71. The molecule has 8 heteroatoms. The minimum absolute atomic E-state index is 0.381. The second-order valence-corrected chi connectivity index (χ2v) is 5.83. The molecule has 0 amide bonds. The van der Waals surface area contributed by atoms with Crippen LogP contribution in [-0.4, -0.2) is 62.7 Å². The number of likely N-dealkylation sites (N-methyl/N-ethyl adjacent to an activating group) is 1. The number of hydrogen-bond donors (Lipinski definition) is 0. The van der Waals surface area contributed by atoms with E-state index < -0.39 is 0 Å². The largest absolute Gasteiger partial charge is 0.493 e. The van der Waals surface area contributed by atoms with Crippen molar-refractivity contribution in [3.8, 4) is 28.6 Å². The molecule has 1 aromatic heterocycles. The Balaban J connectivity index is 1.84. The summed E-state index contributed by atoms with van der Waals surface area (Å²) in [4.78, 5) is 6.66. The number of benzene rings is 1. The molecule has 0 radical (unpaired) electrons. The van der Waals surface area contributed by atoms with Crippen LogP contribution >= 0.6 is 0 Å². The van der Waals surface area contributed by atoms with Crippen molar-refractivity contribution in [1.82, 2.24) is 15.0 Å². The standard InChI is InChI=1S/C17H23N3O5/c1-20(11-7-8-24-10-11)9-14-18-17(19-25-14)12-5-6-13(21-2)16(23-4)15(12)22-3/h5-6,11H,7-10H2,1-4H3/t11-/m0/s1. The van der Waals surface area contributed by atoms with Crippen LogP contribution in [0.15, 0.2) is 16.7 Å². The van der Waals surface area contributed by atoms with Crippen molar-refractivity contribution in [2.24, 2.45) is 0 Å². The van der Waals surface area contributed by atoms with Crippen molar-refractivity contribution in [2.75, 3.05) is 41.6 Å². The Kier molecular flexibility index (Phi) is 5.40. The summed E-state index contributed by atoms with van der Waals surface area (Å²) < 4.78 is 27.0. The van der Waals surface area contributed by atoms with Crippen molar-refractivity contribution >= 4 is 0 Å². The minimum Gasteiger partial charge on any atom is -0.493 e. The summed E-state index contributed by atoms with van der Waals surface area (Å²) in [5.41, 5.74) is 0.682. The Morgan fingerprint density at radius 2 is 1.96 bits per heavy atom. The smallest absolute Gasteiger partial charge is 0.241 e. The molecule has 1 aliphatic heterocycles. The molecule has 25 heavy (non-hydrogen) atoms. The molecule has 0 saturated carbocycles. The van der Waals surface area contributed by atoms with Gasteiger partial charge in [-0.05, 0) is 25.6 Å². The summed E-state index contributed by atoms with van der Waals surface area (Å²) in [6.07, 6.45) is 1.01. The van der Waals surface area contributed by atoms with Crippen LogP contribution in [0.3, 0.4) is 0 Å². The summed E-state index contributed by atoms with van der Waals surface area (Å²) in [5, 5.41) is 4.09. The predicted octanol–water partition coefficient (Wildman–Crippen LogP) is 1.98. The lowest BCUT2D eigenvalue weighted by molar-refractivity contribution is 0.148. The second-order valence-electron chi connectivity index (χ2n) is 5.83. The van der Waals surface area contributed by atoms with Crippen LogP contribution in [-0.2, 0) is 11.3 Å². The average Bonchev–Trinajstić information content (AvgIpc) is 3.32. The number of ether oxygens (including phenoxy) is 4. The van der Waals surface area contributed by atoms with Gasteiger partial charge in [0.15, 0.2) is 11.5 Å². The van der Waals surface area contributed by atoms with E-state index in [1.807, 2.05) is 13.1 Å². The van der Waals surface area contributed by atoms with E-state index in [0.29, 0.717) is 47.1 Å². The van der Waals surface area contributed by atoms with Gasteiger partial charge >= 0.3 is 0 Å². The number of methoxy groups -OCH3 is 3. The highest BCUT2D eigenvalue weighted by Crippen LogP contribution is 2.43. The molecule has 1 aromatic carbocycles. The molecular formula is C17H23N3O5. The van der Waals surface area contributed by atoms with E-state index in [1.165, 1.54) is 0 Å². The van der Waals surface area contributed by atoms with E-state index >= 15 is 0 Å². The Labute approximate surface area is 146 Å². The van der Waals surface area contributed by atoms with Gasteiger partial charge in [-0.15, -0.1) is 0 Å². The predicted molar refractivity (Wildman–Crippen MR) is 90.1 cm³/mol. The highest BCUT2D eigenvalue weighted by Gasteiger charge is 2.24. The topological polar surface area (TPSA) is 79.1 Å². The minimum atomic E-state index is 0.381. The maximum absolute atomic E-state index is 5.48. The van der Waals surface area contributed by atoms with Crippen LogP contribution in [0, 0.1) is 0 Å². The number of aromatic nitrogens is 2. The molecular weight excluding hydrogens is 326 g/mol. The van der Waals surface area contributed by atoms with Crippen molar-refractivity contribution in [3.63, 3.8) is 0 Å². The number of rotatable bonds is 7. The highest BCUT2D eigenvalue weighted by atomic mass is 16.5. The zero-order chi connectivity index (χ0) is 17.8. The summed E-state index contributed by atoms with van der Waals surface area (Å²) >= 11 is 0. The first-order valence-corrected chi connectivity index (χ1v) is 8.07. The van der Waals surface area contributed by atoms with Gasteiger partial charge in [-0.1, -0.05) is 5.16 Å². The van der Waals surface area contributed by atoms with Crippen molar-refractivity contribution < 1.29 is 23.5 Å². The van der Waals surface area contributed by atoms with Crippen LogP contribution in [0.25, 0.3) is 11.4 Å². The van der Waals surface area contributed by atoms with Gasteiger partial charge in [0.1, 0.15) is 0 Å². The number of hydrogen-bond acceptors (Lipinski definition) is 8. The van der Waals surface area contributed by atoms with E-state index in [-0.39, 0.29) is 0 Å². The fourth-order valence-corrected chi connectivity index (χ4v) is 2.92. The molecule has 2 heterocycles. The van der Waals surface area contributed by atoms with Gasteiger partial charge < -0.3 is 23.5 Å². The van der Waals surface area contributed by atoms with E-state index in [2.05, 4.69) is 15.0 Å². The Hall–Kier alpha value is -2.32. The molecule has 0 bridgehead atoms. The third-order valence-electron chi connectivity index (χ3n) is 4.33. The summed E-state index contributed by atoms with van der Waals surface area (Å²) in [6, 6.07) is 3.99. The van der Waals surface area contributed by atoms with Crippen molar-refractivity contribution in [3.05, 3.63) is 18.0 Å². The van der Waals surface area contributed by atoms with Gasteiger partial charge in [0.25, 0.3) is 0 Å². The Morgan fingerprint density at radius 3 is 2.60 bits per heavy atom. The molecule has 1 saturated heterocycles. The third-order valence-corrected chi connectivity index (χ3v) is 4.33. The van der Waals surface area contributed by atoms with Crippen molar-refractivity contribution in [1.29, 1.82) is 0 Å². The molecule has 136 valence electrons. The fraction of sp³-hybridized carbons (Fsp3) is 0.529. The maximum Gasteiger partial charge on any atom is 0.241 e. The van der Waals surface area contributed by atoms with Gasteiger partial charge in [0.05, 0.1) is 40.0 Å². The van der Waals surface area contributed by atoms with Crippen LogP contribution in [0.4, 0.5) is 0 Å². The number of nitrogens with zero attached hydrogens (tertiary/aromatic N) is 3. The first-order chi connectivity index (χ1) is 12.2. The van der Waals surface area contributed by atoms with E-state index in [4.69, 9.17) is 23.5 Å². The molecule has 1 atom stereocenters. The zero-order valence-electron chi connectivity index (χ0n) is 14.9. The summed E-state index contributed by atoms with van der Waals surface area (Å²) in [5.74, 6) is 2.57. The molecule has 0 aliphatic carbocycles. The summed E-state index contributed by atoms with van der Waals surface area (Å²) in [7, 11) is 6.73. The second kappa shape index (κ2) is 7.71. The molecule has 8 nitrogen and oxygen atoms in total. The van der Waals surface area contributed by atoms with Gasteiger partial charge in [-0.3, -0.25) is 4.90 Å². The maximum atomic E-state index is 5.48. The van der Waals surface area contributed by atoms with Crippen LogP contribution < -0.4 is 14.2 Å². The van der Waals surface area contributed by atoms with Gasteiger partial charge in [0, 0.05) is 12.6 Å². The summed E-state index contributed by atoms with van der Waals surface area (Å²) in [6.45, 7) is 2.10. The normalized spacial score (nSPS) is 17.1. The lowest BCUT2D eigenvalue weighted by Gasteiger charge is -2.20. The molecule has 1 fully saturated rings. The fourth-order valence-electron chi connectivity index (χ4n) is 2.92. The van der Waals surface area contributed by atoms with E-state index in [9.17, 15) is 0 Å². The van der Waals surface area contributed by atoms with Crippen LogP contribution in [0.2, 0.25) is 0 Å². The third kappa shape index (κ3) is 3.54. The quantitative estimate of drug-likeness (QED) is 0.751. The van der Waals surface area contributed by atoms with Gasteiger partial charge in [-0.25, -0.2) is 0 Å². The first kappa shape index (κ1) is 17.5. The van der Waals surface area contributed by atoms with E-state index in [1.54, 1.807) is 27.4 Å². The Bertz CT molecular complexity index is 712. The zero-order valence-corrected chi connectivity index (χ0v) is 14.9. The van der Waals surface area contributed by atoms with Gasteiger partial charge in [-0.2, -0.15) is 4.98 Å². The molecule has 2 aromatic rings. The van der Waals surface area contributed by atoms with Gasteiger partial charge in [0.2, 0.25) is 17.5 Å². The van der Waals surface area contributed by atoms with E-state index in [0.717, 1.165) is 19.6 Å². The SMILES string of the molecule is COc1ccc(-c2noc(CN(C)[C@H]3CCOC3)n2)c(OC)c1OC. The molecule has 0 N–H and O–H groups in total. The molecule has 0 unspecified atom stereocenters. The lowest BCUT2D eigenvalue weighted by atomic mass is 10.1.